The minimum Gasteiger partial charge on any atom is -0.374 e. The van der Waals surface area contributed by atoms with Crippen molar-refractivity contribution in [3.8, 4) is 0 Å². The van der Waals surface area contributed by atoms with Gasteiger partial charge in [0.1, 0.15) is 11.6 Å². The quantitative estimate of drug-likeness (QED) is 0.676. The van der Waals surface area contributed by atoms with Gasteiger partial charge in [-0.05, 0) is 25.5 Å². The minimum absolute atomic E-state index is 0.0219. The third-order valence-electron chi connectivity index (χ3n) is 2.27. The van der Waals surface area contributed by atoms with E-state index in [1.807, 2.05) is 6.92 Å². The van der Waals surface area contributed by atoms with Gasteiger partial charge in [0.25, 0.3) is 0 Å². The summed E-state index contributed by atoms with van der Waals surface area (Å²) < 4.78 is 31.9. The van der Waals surface area contributed by atoms with Crippen LogP contribution in [0.5, 0.6) is 0 Å². The van der Waals surface area contributed by atoms with E-state index >= 15 is 0 Å². The van der Waals surface area contributed by atoms with Crippen LogP contribution in [0, 0.1) is 11.6 Å². The zero-order valence-electron chi connectivity index (χ0n) is 9.09. The zero-order valence-corrected chi connectivity index (χ0v) is 9.09. The van der Waals surface area contributed by atoms with Crippen LogP contribution >= 0.6 is 0 Å². The van der Waals surface area contributed by atoms with E-state index in [4.69, 9.17) is 4.74 Å². The van der Waals surface area contributed by atoms with Crippen LogP contribution in [0.25, 0.3) is 0 Å². The molecular formula is C12H16F2O. The molecule has 0 amide bonds. The molecule has 1 aromatic carbocycles. The topological polar surface area (TPSA) is 9.23 Å². The maximum Gasteiger partial charge on any atom is 0.131 e. The second-order valence-corrected chi connectivity index (χ2v) is 3.50. The first-order valence-electron chi connectivity index (χ1n) is 5.22. The fourth-order valence-electron chi connectivity index (χ4n) is 1.39. The van der Waals surface area contributed by atoms with Crippen LogP contribution in [-0.2, 0) is 4.74 Å². The van der Waals surface area contributed by atoms with Crippen molar-refractivity contribution in [3.05, 3.63) is 35.4 Å². The number of ether oxygens (including phenoxy) is 1. The van der Waals surface area contributed by atoms with Gasteiger partial charge in [0.15, 0.2) is 0 Å². The second-order valence-electron chi connectivity index (χ2n) is 3.50. The smallest absolute Gasteiger partial charge is 0.131 e. The minimum atomic E-state index is -0.543. The lowest BCUT2D eigenvalue weighted by atomic mass is 10.1. The van der Waals surface area contributed by atoms with Crippen LogP contribution in [0.3, 0.4) is 0 Å². The molecule has 0 bridgehead atoms. The van der Waals surface area contributed by atoms with Gasteiger partial charge < -0.3 is 4.74 Å². The third-order valence-corrected chi connectivity index (χ3v) is 2.27. The number of hydrogen-bond donors (Lipinski definition) is 0. The van der Waals surface area contributed by atoms with E-state index in [2.05, 4.69) is 0 Å². The Hall–Kier alpha value is -0.960. The standard InChI is InChI=1S/C12H16F2O/c1-3-4-8-15-9(2)12-10(13)6-5-7-11(12)14/h5-7,9H,3-4,8H2,1-2H3. The highest BCUT2D eigenvalue weighted by atomic mass is 19.1. The number of unbranched alkanes of at least 4 members (excludes halogenated alkanes) is 1. The van der Waals surface area contributed by atoms with Crippen molar-refractivity contribution in [2.75, 3.05) is 6.61 Å². The molecule has 0 saturated carbocycles. The van der Waals surface area contributed by atoms with E-state index in [1.165, 1.54) is 18.2 Å². The Kier molecular flexibility index (Phi) is 4.69. The monoisotopic (exact) mass is 214 g/mol. The molecule has 0 saturated heterocycles. The molecule has 0 aliphatic rings. The van der Waals surface area contributed by atoms with Gasteiger partial charge in [-0.15, -0.1) is 0 Å². The van der Waals surface area contributed by atoms with Gasteiger partial charge in [-0.3, -0.25) is 0 Å². The molecule has 1 rings (SSSR count). The van der Waals surface area contributed by atoms with Crippen molar-refractivity contribution < 1.29 is 13.5 Å². The Labute approximate surface area is 89.1 Å². The van der Waals surface area contributed by atoms with Gasteiger partial charge in [-0.2, -0.15) is 0 Å². The predicted molar refractivity (Wildman–Crippen MR) is 55.6 cm³/mol. The van der Waals surface area contributed by atoms with Crippen LogP contribution in [0.15, 0.2) is 18.2 Å². The maximum absolute atomic E-state index is 13.3. The fraction of sp³-hybridized carbons (Fsp3) is 0.500. The molecule has 1 nitrogen and oxygen atoms in total. The normalized spacial score (nSPS) is 12.8. The number of hydrogen-bond acceptors (Lipinski definition) is 1. The number of rotatable bonds is 5. The average Bonchev–Trinajstić information content (AvgIpc) is 2.18. The molecule has 1 unspecified atom stereocenters. The Balaban J connectivity index is 2.68. The van der Waals surface area contributed by atoms with Crippen molar-refractivity contribution in [1.82, 2.24) is 0 Å². The molecule has 0 heterocycles. The zero-order chi connectivity index (χ0) is 11.3. The molecule has 0 radical (unpaired) electrons. The van der Waals surface area contributed by atoms with Gasteiger partial charge >= 0.3 is 0 Å². The van der Waals surface area contributed by atoms with Crippen LogP contribution < -0.4 is 0 Å². The lowest BCUT2D eigenvalue weighted by Crippen LogP contribution is -2.06. The highest BCUT2D eigenvalue weighted by Crippen LogP contribution is 2.23. The molecule has 3 heteroatoms. The van der Waals surface area contributed by atoms with Crippen LogP contribution in [0.1, 0.15) is 38.4 Å². The van der Waals surface area contributed by atoms with Gasteiger partial charge in [0.2, 0.25) is 0 Å². The van der Waals surface area contributed by atoms with Crippen LogP contribution in [-0.4, -0.2) is 6.61 Å². The molecule has 0 N–H and O–H groups in total. The third kappa shape index (κ3) is 3.27. The number of benzene rings is 1. The predicted octanol–water partition coefficient (Wildman–Crippen LogP) is 3.84. The molecular weight excluding hydrogens is 198 g/mol. The summed E-state index contributed by atoms with van der Waals surface area (Å²) in [7, 11) is 0. The van der Waals surface area contributed by atoms with Gasteiger partial charge in [-0.1, -0.05) is 19.4 Å². The van der Waals surface area contributed by atoms with Crippen molar-refractivity contribution in [2.45, 2.75) is 32.8 Å². The molecule has 1 aromatic rings. The first-order valence-corrected chi connectivity index (χ1v) is 5.22. The van der Waals surface area contributed by atoms with Crippen molar-refractivity contribution in [1.29, 1.82) is 0 Å². The molecule has 1 atom stereocenters. The lowest BCUT2D eigenvalue weighted by Gasteiger charge is -2.14. The van der Waals surface area contributed by atoms with Gasteiger partial charge in [0, 0.05) is 6.61 Å². The van der Waals surface area contributed by atoms with Crippen molar-refractivity contribution in [3.63, 3.8) is 0 Å². The summed E-state index contributed by atoms with van der Waals surface area (Å²) in [4.78, 5) is 0. The highest BCUT2D eigenvalue weighted by Gasteiger charge is 2.15. The Morgan fingerprint density at radius 2 is 1.87 bits per heavy atom. The van der Waals surface area contributed by atoms with Gasteiger partial charge in [-0.25, -0.2) is 8.78 Å². The van der Waals surface area contributed by atoms with Crippen LogP contribution in [0.2, 0.25) is 0 Å². The summed E-state index contributed by atoms with van der Waals surface area (Å²) >= 11 is 0. The summed E-state index contributed by atoms with van der Waals surface area (Å²) in [5.74, 6) is -1.09. The van der Waals surface area contributed by atoms with Gasteiger partial charge in [0.05, 0.1) is 11.7 Å². The summed E-state index contributed by atoms with van der Waals surface area (Å²) in [6.07, 6.45) is 1.38. The first-order chi connectivity index (χ1) is 7.16. The van der Waals surface area contributed by atoms with E-state index in [-0.39, 0.29) is 5.56 Å². The highest BCUT2D eigenvalue weighted by molar-refractivity contribution is 5.21. The Morgan fingerprint density at radius 1 is 1.27 bits per heavy atom. The van der Waals surface area contributed by atoms with E-state index in [0.29, 0.717) is 6.61 Å². The first kappa shape index (κ1) is 12.1. The summed E-state index contributed by atoms with van der Waals surface area (Å²) in [5, 5.41) is 0. The molecule has 15 heavy (non-hydrogen) atoms. The molecule has 0 spiro atoms. The molecule has 0 aliphatic heterocycles. The number of halogens is 2. The SMILES string of the molecule is CCCCOC(C)c1c(F)cccc1F. The Bertz CT molecular complexity index is 292. The van der Waals surface area contributed by atoms with Crippen LogP contribution in [0.4, 0.5) is 8.78 Å². The maximum atomic E-state index is 13.3. The van der Waals surface area contributed by atoms with E-state index in [1.54, 1.807) is 6.92 Å². The average molecular weight is 214 g/mol. The molecule has 0 aliphatic carbocycles. The Morgan fingerprint density at radius 3 is 2.40 bits per heavy atom. The summed E-state index contributed by atoms with van der Waals surface area (Å²) in [5.41, 5.74) is 0.0219. The lowest BCUT2D eigenvalue weighted by molar-refractivity contribution is 0.0587. The largest absolute Gasteiger partial charge is 0.374 e. The fourth-order valence-corrected chi connectivity index (χ4v) is 1.39. The molecule has 0 aromatic heterocycles. The van der Waals surface area contributed by atoms with E-state index in [9.17, 15) is 8.78 Å². The molecule has 0 fully saturated rings. The second kappa shape index (κ2) is 5.81. The summed E-state index contributed by atoms with van der Waals surface area (Å²) in [6, 6.07) is 3.85. The summed E-state index contributed by atoms with van der Waals surface area (Å²) in [6.45, 7) is 4.24. The van der Waals surface area contributed by atoms with Crippen molar-refractivity contribution >= 4 is 0 Å². The van der Waals surface area contributed by atoms with E-state index < -0.39 is 17.7 Å². The van der Waals surface area contributed by atoms with Crippen molar-refractivity contribution in [2.24, 2.45) is 0 Å². The van der Waals surface area contributed by atoms with E-state index in [0.717, 1.165) is 12.8 Å². The molecule has 84 valence electrons.